The number of pyridine rings is 1. The van der Waals surface area contributed by atoms with Gasteiger partial charge in [-0.25, -0.2) is 0 Å². The van der Waals surface area contributed by atoms with Crippen LogP contribution < -0.4 is 5.32 Å². The number of aromatic nitrogens is 1. The summed E-state index contributed by atoms with van der Waals surface area (Å²) in [7, 11) is 0. The maximum atomic E-state index is 11.3. The Hall–Kier alpha value is -2.20. The van der Waals surface area contributed by atoms with Crippen LogP contribution in [0.1, 0.15) is 23.2 Å². The molecule has 1 heterocycles. The molecule has 0 aliphatic heterocycles. The van der Waals surface area contributed by atoms with E-state index in [2.05, 4.69) is 16.4 Å². The predicted octanol–water partition coefficient (Wildman–Crippen LogP) is 2.61. The highest BCUT2D eigenvalue weighted by molar-refractivity contribution is 5.73. The normalized spacial score (nSPS) is 12.0. The lowest BCUT2D eigenvalue weighted by atomic mass is 10.1. The van der Waals surface area contributed by atoms with E-state index in [4.69, 9.17) is 0 Å². The molecule has 0 bridgehead atoms. The molecule has 0 saturated heterocycles. The van der Waals surface area contributed by atoms with Crippen molar-refractivity contribution in [2.45, 2.75) is 32.2 Å². The Morgan fingerprint density at radius 1 is 1.18 bits per heavy atom. The standard InChI is InChI=1S/C18H22N2O2/c1-14-9-10-16(13-20-14)8-5-11-19-17(18(21)22)12-15-6-3-2-4-7-15/h2-4,6-7,9-10,13,17,19H,5,8,11-12H2,1H3,(H,21,22). The SMILES string of the molecule is Cc1ccc(CCCNC(Cc2ccccc2)C(=O)O)cn1. The molecule has 0 amide bonds. The molecule has 1 unspecified atom stereocenters. The van der Waals surface area contributed by atoms with Gasteiger partial charge in [0.25, 0.3) is 0 Å². The first-order chi connectivity index (χ1) is 10.6. The van der Waals surface area contributed by atoms with Crippen LogP contribution in [0.4, 0.5) is 0 Å². The largest absolute Gasteiger partial charge is 0.480 e. The molecule has 0 aliphatic carbocycles. The summed E-state index contributed by atoms with van der Waals surface area (Å²) in [5.41, 5.74) is 3.23. The number of hydrogen-bond acceptors (Lipinski definition) is 3. The van der Waals surface area contributed by atoms with E-state index in [0.717, 1.165) is 24.1 Å². The van der Waals surface area contributed by atoms with Crippen LogP contribution in [-0.4, -0.2) is 28.6 Å². The summed E-state index contributed by atoms with van der Waals surface area (Å²) in [5.74, 6) is -0.805. The number of nitrogens with zero attached hydrogens (tertiary/aromatic N) is 1. The molecule has 1 aromatic carbocycles. The Balaban J connectivity index is 1.77. The molecular formula is C18H22N2O2. The van der Waals surface area contributed by atoms with E-state index in [1.807, 2.05) is 49.5 Å². The molecule has 4 heteroatoms. The second-order valence-electron chi connectivity index (χ2n) is 5.45. The van der Waals surface area contributed by atoms with Crippen molar-refractivity contribution in [3.05, 3.63) is 65.5 Å². The number of carboxylic acids is 1. The van der Waals surface area contributed by atoms with Gasteiger partial charge in [0, 0.05) is 11.9 Å². The summed E-state index contributed by atoms with van der Waals surface area (Å²) in [6.45, 7) is 2.64. The highest BCUT2D eigenvalue weighted by atomic mass is 16.4. The molecule has 2 rings (SSSR count). The number of benzene rings is 1. The average Bonchev–Trinajstić information content (AvgIpc) is 2.53. The molecule has 2 aromatic rings. The van der Waals surface area contributed by atoms with E-state index in [9.17, 15) is 9.90 Å². The van der Waals surface area contributed by atoms with Crippen molar-refractivity contribution in [1.29, 1.82) is 0 Å². The summed E-state index contributed by atoms with van der Waals surface area (Å²) >= 11 is 0. The van der Waals surface area contributed by atoms with Crippen LogP contribution in [0.25, 0.3) is 0 Å². The van der Waals surface area contributed by atoms with Gasteiger partial charge in [0.15, 0.2) is 0 Å². The van der Waals surface area contributed by atoms with Gasteiger partial charge in [-0.2, -0.15) is 0 Å². The van der Waals surface area contributed by atoms with Gasteiger partial charge in [-0.1, -0.05) is 36.4 Å². The Bertz CT molecular complexity index is 582. The molecule has 0 saturated carbocycles. The fourth-order valence-corrected chi connectivity index (χ4v) is 2.31. The third-order valence-corrected chi connectivity index (χ3v) is 3.59. The van der Waals surface area contributed by atoms with Crippen molar-refractivity contribution in [2.24, 2.45) is 0 Å². The van der Waals surface area contributed by atoms with Crippen LogP contribution in [0.15, 0.2) is 48.7 Å². The monoisotopic (exact) mass is 298 g/mol. The van der Waals surface area contributed by atoms with E-state index in [1.165, 1.54) is 5.56 Å². The van der Waals surface area contributed by atoms with Crippen LogP contribution in [0.2, 0.25) is 0 Å². The number of aliphatic carboxylic acids is 1. The van der Waals surface area contributed by atoms with Crippen LogP contribution in [0.5, 0.6) is 0 Å². The fourth-order valence-electron chi connectivity index (χ4n) is 2.31. The first-order valence-corrected chi connectivity index (χ1v) is 7.57. The minimum atomic E-state index is -0.805. The van der Waals surface area contributed by atoms with Crippen LogP contribution in [-0.2, 0) is 17.6 Å². The van der Waals surface area contributed by atoms with Gasteiger partial charge in [-0.15, -0.1) is 0 Å². The second kappa shape index (κ2) is 8.29. The number of aryl methyl sites for hydroxylation is 2. The smallest absolute Gasteiger partial charge is 0.321 e. The third-order valence-electron chi connectivity index (χ3n) is 3.59. The molecule has 1 aromatic heterocycles. The van der Waals surface area contributed by atoms with Gasteiger partial charge < -0.3 is 10.4 Å². The van der Waals surface area contributed by atoms with Crippen molar-refractivity contribution in [3.63, 3.8) is 0 Å². The highest BCUT2D eigenvalue weighted by Crippen LogP contribution is 2.05. The van der Waals surface area contributed by atoms with E-state index in [1.54, 1.807) is 0 Å². The maximum Gasteiger partial charge on any atom is 0.321 e. The molecule has 0 fully saturated rings. The molecule has 116 valence electrons. The number of nitrogens with one attached hydrogen (secondary N) is 1. The number of hydrogen-bond donors (Lipinski definition) is 2. The van der Waals surface area contributed by atoms with Crippen molar-refractivity contribution in [1.82, 2.24) is 10.3 Å². The fraction of sp³-hybridized carbons (Fsp3) is 0.333. The molecule has 1 atom stereocenters. The third kappa shape index (κ3) is 5.30. The summed E-state index contributed by atoms with van der Waals surface area (Å²) in [6, 6.07) is 13.2. The van der Waals surface area contributed by atoms with E-state index in [0.29, 0.717) is 13.0 Å². The van der Waals surface area contributed by atoms with Crippen LogP contribution in [0.3, 0.4) is 0 Å². The Morgan fingerprint density at radius 3 is 2.59 bits per heavy atom. The lowest BCUT2D eigenvalue weighted by molar-refractivity contribution is -0.139. The van der Waals surface area contributed by atoms with Crippen molar-refractivity contribution in [2.75, 3.05) is 6.54 Å². The number of carboxylic acid groups (broad SMARTS) is 1. The lowest BCUT2D eigenvalue weighted by Crippen LogP contribution is -2.39. The van der Waals surface area contributed by atoms with Crippen molar-refractivity contribution < 1.29 is 9.90 Å². The number of rotatable bonds is 8. The molecule has 4 nitrogen and oxygen atoms in total. The number of carbonyl (C=O) groups is 1. The zero-order valence-electron chi connectivity index (χ0n) is 12.8. The lowest BCUT2D eigenvalue weighted by Gasteiger charge is -2.14. The maximum absolute atomic E-state index is 11.3. The first kappa shape index (κ1) is 16.2. The van der Waals surface area contributed by atoms with E-state index < -0.39 is 12.0 Å². The molecule has 2 N–H and O–H groups in total. The summed E-state index contributed by atoms with van der Waals surface area (Å²) < 4.78 is 0. The zero-order valence-corrected chi connectivity index (χ0v) is 12.8. The van der Waals surface area contributed by atoms with Gasteiger partial charge in [-0.05, 0) is 49.9 Å². The van der Waals surface area contributed by atoms with E-state index >= 15 is 0 Å². The van der Waals surface area contributed by atoms with Crippen molar-refractivity contribution in [3.8, 4) is 0 Å². The Morgan fingerprint density at radius 2 is 1.95 bits per heavy atom. The molecule has 0 spiro atoms. The quantitative estimate of drug-likeness (QED) is 0.735. The van der Waals surface area contributed by atoms with Gasteiger partial charge in [0.05, 0.1) is 0 Å². The van der Waals surface area contributed by atoms with Crippen LogP contribution in [0, 0.1) is 6.92 Å². The first-order valence-electron chi connectivity index (χ1n) is 7.57. The average molecular weight is 298 g/mol. The van der Waals surface area contributed by atoms with Crippen molar-refractivity contribution >= 4 is 5.97 Å². The topological polar surface area (TPSA) is 62.2 Å². The minimum absolute atomic E-state index is 0.502. The summed E-state index contributed by atoms with van der Waals surface area (Å²) in [5, 5.41) is 12.4. The van der Waals surface area contributed by atoms with Crippen LogP contribution >= 0.6 is 0 Å². The molecule has 0 radical (unpaired) electrons. The Kier molecular flexibility index (Phi) is 6.10. The second-order valence-corrected chi connectivity index (χ2v) is 5.45. The summed E-state index contributed by atoms with van der Waals surface area (Å²) in [6.07, 6.45) is 4.18. The van der Waals surface area contributed by atoms with Gasteiger partial charge in [0.2, 0.25) is 0 Å². The predicted molar refractivity (Wildman–Crippen MR) is 86.9 cm³/mol. The Labute approximate surface area is 131 Å². The molecule has 0 aliphatic rings. The highest BCUT2D eigenvalue weighted by Gasteiger charge is 2.16. The molecular weight excluding hydrogens is 276 g/mol. The van der Waals surface area contributed by atoms with Gasteiger partial charge >= 0.3 is 5.97 Å². The zero-order chi connectivity index (χ0) is 15.8. The van der Waals surface area contributed by atoms with Gasteiger partial charge in [-0.3, -0.25) is 9.78 Å². The van der Waals surface area contributed by atoms with E-state index in [-0.39, 0.29) is 0 Å². The minimum Gasteiger partial charge on any atom is -0.480 e. The summed E-state index contributed by atoms with van der Waals surface area (Å²) in [4.78, 5) is 15.6. The van der Waals surface area contributed by atoms with Gasteiger partial charge in [0.1, 0.15) is 6.04 Å². The molecule has 22 heavy (non-hydrogen) atoms.